The van der Waals surface area contributed by atoms with Gasteiger partial charge in [0, 0.05) is 24.1 Å². The molecular formula is C21H38ClNOS. The molecular weight excluding hydrogens is 350 g/mol. The molecule has 0 fully saturated rings. The van der Waals surface area contributed by atoms with Crippen LogP contribution in [0.3, 0.4) is 0 Å². The number of halogens is 1. The maximum Gasteiger partial charge on any atom is 0.0757 e. The van der Waals surface area contributed by atoms with Gasteiger partial charge in [-0.2, -0.15) is 11.8 Å². The van der Waals surface area contributed by atoms with Crippen molar-refractivity contribution < 1.29 is 5.11 Å². The van der Waals surface area contributed by atoms with E-state index in [1.165, 1.54) is 50.5 Å². The average molecular weight is 388 g/mol. The summed E-state index contributed by atoms with van der Waals surface area (Å²) in [7, 11) is 2.09. The van der Waals surface area contributed by atoms with Crippen LogP contribution in [0.4, 0.5) is 0 Å². The number of rotatable bonds is 14. The Bertz CT molecular complexity index is 404. The maximum absolute atomic E-state index is 10.3. The molecule has 1 rings (SSSR count). The quantitative estimate of drug-likeness (QED) is 0.409. The fourth-order valence-electron chi connectivity index (χ4n) is 3.00. The molecule has 25 heavy (non-hydrogen) atoms. The minimum atomic E-state index is -0.238. The van der Waals surface area contributed by atoms with Crippen LogP contribution in [0.1, 0.15) is 64.4 Å². The zero-order valence-electron chi connectivity index (χ0n) is 16.3. The van der Waals surface area contributed by atoms with Gasteiger partial charge in [-0.15, -0.1) is 12.4 Å². The molecule has 146 valence electrons. The lowest BCUT2D eigenvalue weighted by atomic mass is 10.1. The van der Waals surface area contributed by atoms with Crippen molar-refractivity contribution >= 4 is 24.2 Å². The van der Waals surface area contributed by atoms with Gasteiger partial charge in [0.15, 0.2) is 0 Å². The fraction of sp³-hybridized carbons (Fsp3) is 0.714. The van der Waals surface area contributed by atoms with Gasteiger partial charge < -0.3 is 5.11 Å². The number of unbranched alkanes of at least 4 members (excludes halogenated alkanes) is 4. The molecule has 0 aliphatic rings. The van der Waals surface area contributed by atoms with Crippen LogP contribution < -0.4 is 0 Å². The number of thioether (sulfide) groups is 1. The van der Waals surface area contributed by atoms with Gasteiger partial charge in [0.25, 0.3) is 0 Å². The number of hydrogen-bond acceptors (Lipinski definition) is 3. The van der Waals surface area contributed by atoms with E-state index in [0.717, 1.165) is 18.8 Å². The first-order valence-corrected chi connectivity index (χ1v) is 10.7. The minimum Gasteiger partial charge on any atom is -0.391 e. The predicted molar refractivity (Wildman–Crippen MR) is 116 cm³/mol. The monoisotopic (exact) mass is 387 g/mol. The van der Waals surface area contributed by atoms with Crippen molar-refractivity contribution in [1.29, 1.82) is 0 Å². The van der Waals surface area contributed by atoms with E-state index in [9.17, 15) is 5.11 Å². The van der Waals surface area contributed by atoms with Gasteiger partial charge in [-0.25, -0.2) is 0 Å². The van der Waals surface area contributed by atoms with Gasteiger partial charge in [0.2, 0.25) is 0 Å². The van der Waals surface area contributed by atoms with Gasteiger partial charge in [0.1, 0.15) is 0 Å². The van der Waals surface area contributed by atoms with Crippen molar-refractivity contribution in [3.8, 4) is 0 Å². The molecule has 0 radical (unpaired) electrons. The number of aliphatic hydroxyl groups excluding tert-OH is 1. The summed E-state index contributed by atoms with van der Waals surface area (Å²) in [5, 5.41) is 11.0. The van der Waals surface area contributed by atoms with E-state index in [4.69, 9.17) is 0 Å². The van der Waals surface area contributed by atoms with E-state index in [2.05, 4.69) is 50.1 Å². The number of hydrogen-bond donors (Lipinski definition) is 1. The van der Waals surface area contributed by atoms with E-state index in [1.54, 1.807) is 0 Å². The second kappa shape index (κ2) is 16.0. The van der Waals surface area contributed by atoms with E-state index in [0.29, 0.717) is 5.25 Å². The molecule has 0 aromatic heterocycles. The molecule has 0 saturated heterocycles. The standard InChI is InChI=1S/C21H37NOS.ClH/c1-4-6-7-8-12-15-21(5-2)24-18-20(23)17-22(3)16-19-13-10-9-11-14-19;/h9-11,13-14,20-21,23H,4-8,12,15-18H2,1-3H3;1H. The van der Waals surface area contributed by atoms with Crippen LogP contribution >= 0.6 is 24.2 Å². The first-order chi connectivity index (χ1) is 11.7. The molecule has 2 atom stereocenters. The van der Waals surface area contributed by atoms with Gasteiger partial charge in [0.05, 0.1) is 6.10 Å². The Hall–Kier alpha value is -0.220. The summed E-state index contributed by atoms with van der Waals surface area (Å²) in [5.74, 6) is 0.854. The molecule has 0 amide bonds. The van der Waals surface area contributed by atoms with Crippen molar-refractivity contribution in [2.45, 2.75) is 76.7 Å². The molecule has 1 aromatic rings. The van der Waals surface area contributed by atoms with Crippen LogP contribution in [-0.2, 0) is 6.54 Å². The average Bonchev–Trinajstić information content (AvgIpc) is 2.58. The van der Waals surface area contributed by atoms with Crippen LogP contribution in [0.25, 0.3) is 0 Å². The fourth-order valence-corrected chi connectivity index (χ4v) is 4.17. The SMILES string of the molecule is CCCCCCCC(CC)SCC(O)CN(C)Cc1ccccc1.Cl. The van der Waals surface area contributed by atoms with Crippen LogP contribution in [-0.4, -0.2) is 40.7 Å². The molecule has 0 spiro atoms. The van der Waals surface area contributed by atoms with E-state index >= 15 is 0 Å². The summed E-state index contributed by atoms with van der Waals surface area (Å²) in [4.78, 5) is 2.21. The Kier molecular flexibility index (Phi) is 15.8. The Morgan fingerprint density at radius 2 is 1.72 bits per heavy atom. The van der Waals surface area contributed by atoms with E-state index in [1.807, 2.05) is 17.8 Å². The molecule has 2 unspecified atom stereocenters. The number of aliphatic hydroxyl groups is 1. The van der Waals surface area contributed by atoms with Gasteiger partial charge in [-0.3, -0.25) is 4.90 Å². The van der Waals surface area contributed by atoms with Crippen molar-refractivity contribution in [1.82, 2.24) is 4.90 Å². The van der Waals surface area contributed by atoms with E-state index < -0.39 is 0 Å². The zero-order valence-corrected chi connectivity index (χ0v) is 18.0. The van der Waals surface area contributed by atoms with Crippen molar-refractivity contribution in [2.24, 2.45) is 0 Å². The van der Waals surface area contributed by atoms with Gasteiger partial charge >= 0.3 is 0 Å². The minimum absolute atomic E-state index is 0. The third-order valence-electron chi connectivity index (χ3n) is 4.43. The van der Waals surface area contributed by atoms with Crippen molar-refractivity contribution in [3.63, 3.8) is 0 Å². The number of benzene rings is 1. The third-order valence-corrected chi connectivity index (χ3v) is 6.04. The smallest absolute Gasteiger partial charge is 0.0757 e. The summed E-state index contributed by atoms with van der Waals surface area (Å²) in [6, 6.07) is 10.5. The van der Waals surface area contributed by atoms with Crippen LogP contribution in [0.5, 0.6) is 0 Å². The molecule has 0 aliphatic heterocycles. The van der Waals surface area contributed by atoms with Crippen LogP contribution in [0.15, 0.2) is 30.3 Å². The lowest BCUT2D eigenvalue weighted by Crippen LogP contribution is -2.30. The highest BCUT2D eigenvalue weighted by Crippen LogP contribution is 2.22. The summed E-state index contributed by atoms with van der Waals surface area (Å²) < 4.78 is 0. The Balaban J connectivity index is 0.00000576. The second-order valence-corrected chi connectivity index (χ2v) is 8.24. The molecule has 0 aliphatic carbocycles. The van der Waals surface area contributed by atoms with Gasteiger partial charge in [-0.05, 0) is 25.5 Å². The summed E-state index contributed by atoms with van der Waals surface area (Å²) >= 11 is 1.97. The lowest BCUT2D eigenvalue weighted by molar-refractivity contribution is 0.142. The largest absolute Gasteiger partial charge is 0.391 e. The summed E-state index contributed by atoms with van der Waals surface area (Å²) in [5.41, 5.74) is 1.30. The molecule has 0 saturated carbocycles. The second-order valence-electron chi connectivity index (χ2n) is 6.90. The van der Waals surface area contributed by atoms with Gasteiger partial charge in [-0.1, -0.05) is 76.3 Å². The Labute approximate surface area is 166 Å². The highest BCUT2D eigenvalue weighted by molar-refractivity contribution is 7.99. The summed E-state index contributed by atoms with van der Waals surface area (Å²) in [6.45, 7) is 6.19. The van der Waals surface area contributed by atoms with E-state index in [-0.39, 0.29) is 18.5 Å². The normalized spacial score (nSPS) is 13.5. The zero-order chi connectivity index (χ0) is 17.6. The highest BCUT2D eigenvalue weighted by Gasteiger charge is 2.13. The Morgan fingerprint density at radius 3 is 2.36 bits per heavy atom. The Morgan fingerprint density at radius 1 is 1.04 bits per heavy atom. The van der Waals surface area contributed by atoms with Crippen molar-refractivity contribution in [2.75, 3.05) is 19.3 Å². The summed E-state index contributed by atoms with van der Waals surface area (Å²) in [6.07, 6.45) is 9.05. The third kappa shape index (κ3) is 12.7. The lowest BCUT2D eigenvalue weighted by Gasteiger charge is -2.22. The van der Waals surface area contributed by atoms with Crippen molar-refractivity contribution in [3.05, 3.63) is 35.9 Å². The predicted octanol–water partition coefficient (Wildman–Crippen LogP) is 5.77. The topological polar surface area (TPSA) is 23.5 Å². The van der Waals surface area contributed by atoms with Crippen LogP contribution in [0, 0.1) is 0 Å². The number of nitrogens with zero attached hydrogens (tertiary/aromatic N) is 1. The highest BCUT2D eigenvalue weighted by atomic mass is 35.5. The molecule has 4 heteroatoms. The molecule has 1 aromatic carbocycles. The number of likely N-dealkylation sites (N-methyl/N-ethyl adjacent to an activating group) is 1. The first kappa shape index (κ1) is 24.8. The molecule has 1 N–H and O–H groups in total. The van der Waals surface area contributed by atoms with Crippen LogP contribution in [0.2, 0.25) is 0 Å². The maximum atomic E-state index is 10.3. The molecule has 2 nitrogen and oxygen atoms in total. The molecule has 0 heterocycles. The first-order valence-electron chi connectivity index (χ1n) is 9.67. The molecule has 0 bridgehead atoms.